The maximum atomic E-state index is 12.7. The van der Waals surface area contributed by atoms with Crippen molar-refractivity contribution in [3.63, 3.8) is 0 Å². The largest absolute Gasteiger partial charge is 0.508 e. The second kappa shape index (κ2) is 6.78. The third-order valence-corrected chi connectivity index (χ3v) is 5.02. The first-order valence-corrected chi connectivity index (χ1v) is 8.66. The molecule has 128 valence electrons. The highest BCUT2D eigenvalue weighted by Crippen LogP contribution is 2.37. The average molecular weight is 372 g/mol. The van der Waals surface area contributed by atoms with Crippen LogP contribution in [0.15, 0.2) is 47.4 Å². The smallest absolute Gasteiger partial charge is 0.270 e. The molecule has 1 amide bonds. The van der Waals surface area contributed by atoms with Crippen molar-refractivity contribution in [3.05, 3.63) is 52.9 Å². The fraction of sp³-hybridized carbons (Fsp3) is 0.111. The predicted molar refractivity (Wildman–Crippen MR) is 106 cm³/mol. The molecule has 0 aromatic heterocycles. The van der Waals surface area contributed by atoms with Crippen molar-refractivity contribution >= 4 is 51.7 Å². The molecule has 0 radical (unpaired) electrons. The quantitative estimate of drug-likeness (QED) is 0.634. The molecule has 3 rings (SSSR count). The summed E-state index contributed by atoms with van der Waals surface area (Å²) in [5, 5.41) is 19.3. The van der Waals surface area contributed by atoms with E-state index in [4.69, 9.17) is 12.2 Å². The summed E-state index contributed by atoms with van der Waals surface area (Å²) in [7, 11) is 3.89. The van der Waals surface area contributed by atoms with Crippen LogP contribution in [0.2, 0.25) is 0 Å². The fourth-order valence-electron chi connectivity index (χ4n) is 2.39. The van der Waals surface area contributed by atoms with E-state index in [0.717, 1.165) is 5.69 Å². The highest BCUT2D eigenvalue weighted by atomic mass is 32.2. The van der Waals surface area contributed by atoms with E-state index >= 15 is 0 Å². The Balaban J connectivity index is 1.90. The Labute approximate surface area is 155 Å². The van der Waals surface area contributed by atoms with Crippen molar-refractivity contribution in [2.45, 2.75) is 0 Å². The summed E-state index contributed by atoms with van der Waals surface area (Å²) in [4.78, 5) is 16.6. The fourth-order valence-corrected chi connectivity index (χ4v) is 3.68. The first kappa shape index (κ1) is 17.3. The number of rotatable bonds is 3. The van der Waals surface area contributed by atoms with Crippen LogP contribution < -0.4 is 9.80 Å². The zero-order valence-electron chi connectivity index (χ0n) is 13.6. The maximum Gasteiger partial charge on any atom is 0.270 e. The summed E-state index contributed by atoms with van der Waals surface area (Å²) in [6, 6.07) is 11.8. The van der Waals surface area contributed by atoms with Gasteiger partial charge in [0.15, 0.2) is 4.32 Å². The van der Waals surface area contributed by atoms with Gasteiger partial charge in [0.2, 0.25) is 0 Å². The number of amides is 1. The zero-order chi connectivity index (χ0) is 18.1. The number of hydrogen-bond acceptors (Lipinski definition) is 6. The third kappa shape index (κ3) is 3.47. The maximum absolute atomic E-state index is 12.7. The highest BCUT2D eigenvalue weighted by molar-refractivity contribution is 8.27. The molecule has 0 aliphatic carbocycles. The molecule has 1 fully saturated rings. The van der Waals surface area contributed by atoms with E-state index in [9.17, 15) is 15.0 Å². The molecule has 1 aliphatic rings. The van der Waals surface area contributed by atoms with Gasteiger partial charge < -0.3 is 15.1 Å². The van der Waals surface area contributed by atoms with Crippen LogP contribution in [0.3, 0.4) is 0 Å². The first-order chi connectivity index (χ1) is 11.9. The summed E-state index contributed by atoms with van der Waals surface area (Å²) >= 11 is 6.52. The van der Waals surface area contributed by atoms with Crippen LogP contribution in [-0.2, 0) is 4.79 Å². The number of phenols is 2. The van der Waals surface area contributed by atoms with E-state index in [1.54, 1.807) is 12.1 Å². The van der Waals surface area contributed by atoms with Crippen molar-refractivity contribution in [2.75, 3.05) is 23.9 Å². The lowest BCUT2D eigenvalue weighted by Crippen LogP contribution is -2.27. The van der Waals surface area contributed by atoms with E-state index in [0.29, 0.717) is 20.5 Å². The number of phenolic OH excluding ortho intramolecular Hbond substituents is 2. The molecule has 25 heavy (non-hydrogen) atoms. The van der Waals surface area contributed by atoms with Gasteiger partial charge in [-0.25, -0.2) is 0 Å². The molecule has 0 atom stereocenters. The van der Waals surface area contributed by atoms with Crippen LogP contribution in [0, 0.1) is 0 Å². The van der Waals surface area contributed by atoms with E-state index < -0.39 is 0 Å². The number of nitrogens with zero attached hydrogens (tertiary/aromatic N) is 2. The molecule has 0 unspecified atom stereocenters. The van der Waals surface area contributed by atoms with E-state index in [2.05, 4.69) is 0 Å². The Morgan fingerprint density at radius 1 is 1.12 bits per heavy atom. The molecule has 7 heteroatoms. The Morgan fingerprint density at radius 2 is 1.80 bits per heavy atom. The summed E-state index contributed by atoms with van der Waals surface area (Å²) in [6.45, 7) is 0. The van der Waals surface area contributed by atoms with E-state index in [1.165, 1.54) is 28.8 Å². The molecular formula is C18H16N2O3S2. The van der Waals surface area contributed by atoms with Crippen molar-refractivity contribution in [3.8, 4) is 11.5 Å². The molecule has 0 bridgehead atoms. The molecule has 2 aromatic rings. The third-order valence-electron chi connectivity index (χ3n) is 3.72. The van der Waals surface area contributed by atoms with Gasteiger partial charge in [0.05, 0.1) is 10.6 Å². The first-order valence-electron chi connectivity index (χ1n) is 7.44. The van der Waals surface area contributed by atoms with Crippen LogP contribution in [-0.4, -0.2) is 34.5 Å². The van der Waals surface area contributed by atoms with Crippen LogP contribution in [0.25, 0.3) is 6.08 Å². The van der Waals surface area contributed by atoms with Gasteiger partial charge in [0.1, 0.15) is 11.5 Å². The molecule has 1 aliphatic heterocycles. The molecule has 0 spiro atoms. The van der Waals surface area contributed by atoms with Gasteiger partial charge in [0.25, 0.3) is 5.91 Å². The van der Waals surface area contributed by atoms with E-state index in [-0.39, 0.29) is 17.4 Å². The number of aromatic hydroxyl groups is 2. The summed E-state index contributed by atoms with van der Waals surface area (Å²) in [6.07, 6.45) is 1.57. The normalized spacial score (nSPS) is 15.9. The summed E-state index contributed by atoms with van der Waals surface area (Å²) < 4.78 is 0.437. The number of hydrogen-bond donors (Lipinski definition) is 2. The number of thiocarbonyl (C=S) groups is 1. The minimum absolute atomic E-state index is 0.0387. The predicted octanol–water partition coefficient (Wildman–Crippen LogP) is 3.57. The van der Waals surface area contributed by atoms with E-state index in [1.807, 2.05) is 43.3 Å². The van der Waals surface area contributed by atoms with Gasteiger partial charge in [-0.1, -0.05) is 24.0 Å². The van der Waals surface area contributed by atoms with Crippen LogP contribution in [0.5, 0.6) is 11.5 Å². The van der Waals surface area contributed by atoms with Crippen LogP contribution in [0.4, 0.5) is 11.4 Å². The molecule has 2 aromatic carbocycles. The lowest BCUT2D eigenvalue weighted by atomic mass is 10.1. The zero-order valence-corrected chi connectivity index (χ0v) is 15.3. The van der Waals surface area contributed by atoms with Gasteiger partial charge in [0, 0.05) is 31.4 Å². The molecule has 1 saturated heterocycles. The number of anilines is 2. The lowest BCUT2D eigenvalue weighted by Gasteiger charge is -2.17. The second-order valence-electron chi connectivity index (χ2n) is 5.67. The lowest BCUT2D eigenvalue weighted by molar-refractivity contribution is -0.113. The van der Waals surface area contributed by atoms with Crippen molar-refractivity contribution in [1.82, 2.24) is 0 Å². The molecule has 5 nitrogen and oxygen atoms in total. The molecule has 0 saturated carbocycles. The number of thioether (sulfide) groups is 1. The summed E-state index contributed by atoms with van der Waals surface area (Å²) in [5.41, 5.74) is 2.17. The summed E-state index contributed by atoms with van der Waals surface area (Å²) in [5.74, 6) is -0.371. The number of benzene rings is 2. The topological polar surface area (TPSA) is 64.0 Å². The SMILES string of the molecule is CN(C)c1ccc(N2C(=O)C(=Cc3ccc(O)cc3O)SC2=S)cc1. The Bertz CT molecular complexity index is 876. The Kier molecular flexibility index (Phi) is 4.69. The molecule has 1 heterocycles. The van der Waals surface area contributed by atoms with Gasteiger partial charge >= 0.3 is 0 Å². The van der Waals surface area contributed by atoms with Gasteiger partial charge in [-0.05, 0) is 42.5 Å². The molecule has 2 N–H and O–H groups in total. The van der Waals surface area contributed by atoms with Gasteiger partial charge in [-0.2, -0.15) is 0 Å². The Hall–Kier alpha value is -2.51. The number of carbonyl (C=O) groups is 1. The van der Waals surface area contributed by atoms with Crippen LogP contribution in [0.1, 0.15) is 5.56 Å². The van der Waals surface area contributed by atoms with Crippen molar-refractivity contribution in [2.24, 2.45) is 0 Å². The second-order valence-corrected chi connectivity index (χ2v) is 7.35. The standard InChI is InChI=1S/C18H16N2O3S2/c1-19(2)12-4-6-13(7-5-12)20-17(23)16(25-18(20)24)9-11-3-8-14(21)10-15(11)22/h3-10,21-22H,1-2H3. The minimum Gasteiger partial charge on any atom is -0.508 e. The monoisotopic (exact) mass is 372 g/mol. The van der Waals surface area contributed by atoms with Gasteiger partial charge in [-0.3, -0.25) is 9.69 Å². The molecular weight excluding hydrogens is 356 g/mol. The van der Waals surface area contributed by atoms with Gasteiger partial charge in [-0.15, -0.1) is 0 Å². The average Bonchev–Trinajstić information content (AvgIpc) is 2.84. The number of carbonyl (C=O) groups excluding carboxylic acids is 1. The Morgan fingerprint density at radius 3 is 2.40 bits per heavy atom. The van der Waals surface area contributed by atoms with Crippen molar-refractivity contribution in [1.29, 1.82) is 0 Å². The van der Waals surface area contributed by atoms with Crippen molar-refractivity contribution < 1.29 is 15.0 Å². The highest BCUT2D eigenvalue weighted by Gasteiger charge is 2.33. The minimum atomic E-state index is -0.236. The van der Waals surface area contributed by atoms with Crippen LogP contribution >= 0.6 is 24.0 Å².